The summed E-state index contributed by atoms with van der Waals surface area (Å²) in [6.45, 7) is 57.7. The Morgan fingerprint density at radius 2 is 0.612 bits per heavy atom. The minimum atomic E-state index is -0.120. The van der Waals surface area contributed by atoms with E-state index in [1.807, 2.05) is 0 Å². The van der Waals surface area contributed by atoms with Crippen LogP contribution < -0.4 is 21.5 Å². The van der Waals surface area contributed by atoms with Crippen molar-refractivity contribution in [2.75, 3.05) is 41.3 Å². The summed E-state index contributed by atoms with van der Waals surface area (Å²) in [4.78, 5) is 29.5. The van der Waals surface area contributed by atoms with Crippen molar-refractivity contribution in [3.05, 3.63) is 23.8 Å². The lowest BCUT2D eigenvalue weighted by molar-refractivity contribution is -0.256. The summed E-state index contributed by atoms with van der Waals surface area (Å²) < 4.78 is 14.4. The van der Waals surface area contributed by atoms with Gasteiger partial charge in [-0.3, -0.25) is 19.6 Å². The molecule has 0 aromatic heterocycles. The Morgan fingerprint density at radius 1 is 0.376 bits per heavy atom. The number of hydrazine groups is 2. The molecule has 18 nitrogen and oxygen atoms in total. The SMILES string of the molecule is CN1C(C)(C)CC(OC2=NN(OC3CC(C)(C)N(C)C(C)(C)C3)NC(N(CCCN(C3=CC(OC4CC(C)(C)N(C)C(C)(C)C4)=NN(OC4CC(C)(C)N(C)C(C)(C)C4)N3)C3CC(C)(C)NC(C)(C)C3)C3CC(C)(C)NC(C)(C)C3)=C2)CC1(C)C. The lowest BCUT2D eigenvalue weighted by atomic mass is 9.78. The van der Waals surface area contributed by atoms with E-state index >= 15 is 0 Å². The summed E-state index contributed by atoms with van der Waals surface area (Å²) in [5, 5.41) is 21.8. The van der Waals surface area contributed by atoms with Crippen LogP contribution in [0.15, 0.2) is 34.0 Å². The summed E-state index contributed by atoms with van der Waals surface area (Å²) in [7, 11) is 9.01. The minimum absolute atomic E-state index is 0.0390. The largest absolute Gasteiger partial charge is 0.473 e. The first-order chi connectivity index (χ1) is 38.5. The van der Waals surface area contributed by atoms with E-state index in [2.05, 4.69) is 257 Å². The van der Waals surface area contributed by atoms with Crippen molar-refractivity contribution in [2.24, 2.45) is 10.2 Å². The molecule has 0 saturated carbocycles. The van der Waals surface area contributed by atoms with Gasteiger partial charge in [-0.25, -0.2) is 20.5 Å². The molecule has 8 heterocycles. The summed E-state index contributed by atoms with van der Waals surface area (Å²) in [5.74, 6) is 3.05. The molecular weight excluding hydrogens is 1060 g/mol. The fourth-order valence-corrected chi connectivity index (χ4v) is 17.7. The lowest BCUT2D eigenvalue weighted by Crippen LogP contribution is -2.64. The van der Waals surface area contributed by atoms with Crippen LogP contribution in [-0.2, 0) is 19.1 Å². The first kappa shape index (κ1) is 67.8. The van der Waals surface area contributed by atoms with Gasteiger partial charge in [0.15, 0.2) is 0 Å². The third-order valence-electron chi connectivity index (χ3n) is 22.1. The lowest BCUT2D eigenvalue weighted by Gasteiger charge is -2.54. The summed E-state index contributed by atoms with van der Waals surface area (Å²) in [6, 6.07) is 0.348. The Hall–Kier alpha value is -3.10. The van der Waals surface area contributed by atoms with Crippen LogP contribution in [0.1, 0.15) is 250 Å². The predicted octanol–water partition coefficient (Wildman–Crippen LogP) is 11.1. The first-order valence-electron chi connectivity index (χ1n) is 33.0. The Labute approximate surface area is 518 Å². The molecule has 18 heteroatoms. The summed E-state index contributed by atoms with van der Waals surface area (Å²) in [5.41, 5.74) is 6.56. The van der Waals surface area contributed by atoms with Gasteiger partial charge in [-0.2, -0.15) is 0 Å². The highest BCUT2D eigenvalue weighted by molar-refractivity contribution is 5.89. The van der Waals surface area contributed by atoms with Crippen molar-refractivity contribution >= 4 is 11.8 Å². The zero-order valence-electron chi connectivity index (χ0n) is 59.3. The molecule has 0 atom stereocenters. The van der Waals surface area contributed by atoms with Gasteiger partial charge in [0.05, 0.1) is 12.2 Å². The second-order valence-electron chi connectivity index (χ2n) is 35.7. The van der Waals surface area contributed by atoms with Crippen molar-refractivity contribution in [3.63, 3.8) is 0 Å². The molecular formula is C67H126N14O4. The van der Waals surface area contributed by atoms with E-state index in [1.165, 1.54) is 0 Å². The van der Waals surface area contributed by atoms with E-state index in [9.17, 15) is 0 Å². The molecule has 0 spiro atoms. The highest BCUT2D eigenvalue weighted by Gasteiger charge is 2.50. The monoisotopic (exact) mass is 1190 g/mol. The van der Waals surface area contributed by atoms with Crippen molar-refractivity contribution in [3.8, 4) is 0 Å². The average Bonchev–Trinajstić information content (AvgIpc) is 1.92. The second kappa shape index (κ2) is 23.0. The van der Waals surface area contributed by atoms with Crippen molar-refractivity contribution < 1.29 is 19.1 Å². The van der Waals surface area contributed by atoms with Crippen molar-refractivity contribution in [2.45, 2.75) is 353 Å². The van der Waals surface area contributed by atoms with E-state index in [0.29, 0.717) is 11.8 Å². The molecule has 8 aliphatic heterocycles. The highest BCUT2D eigenvalue weighted by Crippen LogP contribution is 2.44. The standard InChI is InChI=1S/C67H126N14O4/c1-56(2)34-46(35-57(3,4)72-56)78(52-32-54(82-48-38-60(9,10)74(25)61(11,12)39-48)70-80(68-52)84-50-42-64(17,18)76(27)65(19,20)43-50)30-29-31-79(47-36-58(5,6)73-59(7,8)37-47)53-33-55(83-49-40-62(13,14)75(26)63(15,16)41-49)71-81(69-53)85-51-44-66(21,22)77(28)67(23,24)45-51/h32-33,46-51,68-69,72-73H,29-31,34-45H2,1-28H3. The second-order valence-corrected chi connectivity index (χ2v) is 35.7. The number of hydrogen-bond acceptors (Lipinski definition) is 18. The third-order valence-corrected chi connectivity index (χ3v) is 22.1. The van der Waals surface area contributed by atoms with Crippen LogP contribution in [0.4, 0.5) is 0 Å². The van der Waals surface area contributed by atoms with Gasteiger partial charge in [0, 0.05) is 129 Å². The van der Waals surface area contributed by atoms with Crippen LogP contribution in [0.25, 0.3) is 0 Å². The molecule has 6 fully saturated rings. The van der Waals surface area contributed by atoms with Gasteiger partial charge in [0.2, 0.25) is 11.8 Å². The van der Waals surface area contributed by atoms with E-state index < -0.39 is 0 Å². The number of ether oxygens (including phenoxy) is 2. The van der Waals surface area contributed by atoms with Crippen LogP contribution in [0, 0.1) is 0 Å². The molecule has 8 aliphatic rings. The fourth-order valence-electron chi connectivity index (χ4n) is 17.7. The quantitative estimate of drug-likeness (QED) is 0.131. The molecule has 4 N–H and O–H groups in total. The minimum Gasteiger partial charge on any atom is -0.473 e. The first-order valence-corrected chi connectivity index (χ1v) is 33.0. The van der Waals surface area contributed by atoms with Gasteiger partial charge >= 0.3 is 0 Å². The summed E-state index contributed by atoms with van der Waals surface area (Å²) in [6.07, 6.45) is 15.7. The highest BCUT2D eigenvalue weighted by atomic mass is 16.8. The summed E-state index contributed by atoms with van der Waals surface area (Å²) >= 11 is 0. The fraction of sp³-hybridized carbons (Fsp3) is 0.910. The maximum atomic E-state index is 7.21. The Morgan fingerprint density at radius 3 is 0.859 bits per heavy atom. The molecule has 6 saturated heterocycles. The van der Waals surface area contributed by atoms with Gasteiger partial charge in [0.1, 0.15) is 23.8 Å². The predicted molar refractivity (Wildman–Crippen MR) is 348 cm³/mol. The average molecular weight is 1190 g/mol. The van der Waals surface area contributed by atoms with E-state index in [1.54, 1.807) is 10.6 Å². The van der Waals surface area contributed by atoms with Crippen LogP contribution >= 0.6 is 0 Å². The zero-order chi connectivity index (χ0) is 63.5. The zero-order valence-corrected chi connectivity index (χ0v) is 59.3. The maximum absolute atomic E-state index is 7.21. The number of hydrogen-bond donors (Lipinski definition) is 4. The molecule has 488 valence electrons. The van der Waals surface area contributed by atoms with Gasteiger partial charge in [-0.1, -0.05) is 20.8 Å². The van der Waals surface area contributed by atoms with Gasteiger partial charge in [-0.05, 0) is 252 Å². The number of hydrazone groups is 2. The molecule has 0 amide bonds. The van der Waals surface area contributed by atoms with Crippen LogP contribution in [0.3, 0.4) is 0 Å². The molecule has 0 radical (unpaired) electrons. The Balaban J connectivity index is 1.17. The Bertz CT molecular complexity index is 2230. The topological polar surface area (TPSA) is 136 Å². The molecule has 0 bridgehead atoms. The van der Waals surface area contributed by atoms with E-state index in [-0.39, 0.29) is 103 Å². The van der Waals surface area contributed by atoms with Gasteiger partial charge in [-0.15, -0.1) is 0 Å². The van der Waals surface area contributed by atoms with Gasteiger partial charge in [0.25, 0.3) is 0 Å². The number of rotatable bonds is 14. The van der Waals surface area contributed by atoms with Gasteiger partial charge < -0.3 is 29.9 Å². The number of likely N-dealkylation sites (tertiary alicyclic amines) is 4. The number of nitrogens with one attached hydrogen (secondary N) is 4. The Kier molecular flexibility index (Phi) is 18.3. The molecule has 8 rings (SSSR count). The molecule has 0 unspecified atom stereocenters. The number of piperidine rings is 6. The third kappa shape index (κ3) is 15.7. The molecule has 0 aromatic carbocycles. The van der Waals surface area contributed by atoms with Crippen LogP contribution in [-0.4, -0.2) is 196 Å². The maximum Gasteiger partial charge on any atom is 0.239 e. The van der Waals surface area contributed by atoms with E-state index in [0.717, 1.165) is 108 Å². The van der Waals surface area contributed by atoms with Crippen molar-refractivity contribution in [1.29, 1.82) is 0 Å². The van der Waals surface area contributed by atoms with Crippen LogP contribution in [0.2, 0.25) is 0 Å². The van der Waals surface area contributed by atoms with Crippen molar-refractivity contribution in [1.82, 2.24) is 61.4 Å². The molecule has 0 aromatic rings. The number of nitrogens with zero attached hydrogens (tertiary/aromatic N) is 10. The van der Waals surface area contributed by atoms with E-state index in [4.69, 9.17) is 29.4 Å². The normalized spacial score (nSPS) is 29.8. The molecule has 85 heavy (non-hydrogen) atoms. The van der Waals surface area contributed by atoms with Crippen LogP contribution in [0.5, 0.6) is 0 Å². The smallest absolute Gasteiger partial charge is 0.239 e. The molecule has 0 aliphatic carbocycles.